The number of H-pyrrole nitrogens is 1. The molecule has 0 radical (unpaired) electrons. The van der Waals surface area contributed by atoms with Crippen molar-refractivity contribution in [3.63, 3.8) is 0 Å². The van der Waals surface area contributed by atoms with Crippen LogP contribution in [0.4, 0.5) is 0 Å². The van der Waals surface area contributed by atoms with Gasteiger partial charge in [0.2, 0.25) is 0 Å². The van der Waals surface area contributed by atoms with Crippen LogP contribution in [0.2, 0.25) is 5.02 Å². The maximum Gasteiger partial charge on any atom is 0.328 e. The number of pyridine rings is 1. The molecule has 0 bridgehead atoms. The number of likely N-dealkylation sites (N-methyl/N-ethyl adjacent to an activating group) is 1. The second-order valence-electron chi connectivity index (χ2n) is 10.0. The lowest BCUT2D eigenvalue weighted by molar-refractivity contribution is -0.151. The summed E-state index contributed by atoms with van der Waals surface area (Å²) in [7, 11) is 3.48. The summed E-state index contributed by atoms with van der Waals surface area (Å²) in [5.41, 5.74) is 3.73. The number of nitrogens with zero attached hydrogens (tertiary/aromatic N) is 1. The third-order valence-electron chi connectivity index (χ3n) is 7.61. The predicted molar refractivity (Wildman–Crippen MR) is 161 cm³/mol. The number of carboxylic acid groups (broad SMARTS) is 1. The Morgan fingerprint density at radius 3 is 2.17 bits per heavy atom. The van der Waals surface area contributed by atoms with Crippen molar-refractivity contribution in [3.05, 3.63) is 112 Å². The predicted octanol–water partition coefficient (Wildman–Crippen LogP) is 7.14. The number of phenols is 1. The summed E-state index contributed by atoms with van der Waals surface area (Å²) in [5.74, 6) is -0.817. The number of aromatic hydroxyl groups is 1. The highest BCUT2D eigenvalue weighted by molar-refractivity contribution is 6.34. The van der Waals surface area contributed by atoms with Crippen molar-refractivity contribution in [2.45, 2.75) is 18.9 Å². The first kappa shape index (κ1) is 27.2. The summed E-state index contributed by atoms with van der Waals surface area (Å²) in [6.07, 6.45) is 0.352. The second-order valence-corrected chi connectivity index (χ2v) is 10.4. The summed E-state index contributed by atoms with van der Waals surface area (Å²) >= 11 is 6.64. The second kappa shape index (κ2) is 10.6. The van der Waals surface area contributed by atoms with E-state index in [9.17, 15) is 19.8 Å². The van der Waals surface area contributed by atoms with Crippen LogP contribution in [0, 0.1) is 0 Å². The van der Waals surface area contributed by atoms with E-state index in [1.807, 2.05) is 55.5 Å². The number of nitrogens with one attached hydrogen (secondary N) is 1. The number of carboxylic acids is 1. The van der Waals surface area contributed by atoms with Crippen LogP contribution in [0.1, 0.15) is 18.9 Å². The molecule has 0 fully saturated rings. The Morgan fingerprint density at radius 1 is 0.850 bits per heavy atom. The van der Waals surface area contributed by atoms with Crippen molar-refractivity contribution in [2.75, 3.05) is 14.1 Å². The molecule has 5 aromatic rings. The van der Waals surface area contributed by atoms with Gasteiger partial charge in [-0.2, -0.15) is 0 Å². The monoisotopic (exact) mass is 552 g/mol. The Morgan fingerprint density at radius 2 is 1.52 bits per heavy atom. The largest absolute Gasteiger partial charge is 0.507 e. The van der Waals surface area contributed by atoms with E-state index >= 15 is 0 Å². The first-order valence-corrected chi connectivity index (χ1v) is 13.3. The minimum Gasteiger partial charge on any atom is -0.507 e. The summed E-state index contributed by atoms with van der Waals surface area (Å²) in [6, 6.07) is 27.6. The molecule has 1 atom stereocenters. The number of aliphatic carboxylic acids is 1. The van der Waals surface area contributed by atoms with E-state index in [4.69, 9.17) is 11.6 Å². The maximum atomic E-state index is 13.2. The average Bonchev–Trinajstić information content (AvgIpc) is 2.93. The van der Waals surface area contributed by atoms with Crippen LogP contribution in [0.25, 0.3) is 44.3 Å². The van der Waals surface area contributed by atoms with Crippen LogP contribution < -0.4 is 5.56 Å². The number of aromatic amines is 1. The minimum atomic E-state index is -1.23. The Labute approximate surface area is 237 Å². The molecule has 0 aliphatic rings. The van der Waals surface area contributed by atoms with Crippen LogP contribution in [0.5, 0.6) is 5.75 Å². The lowest BCUT2D eigenvalue weighted by atomic mass is 9.84. The highest BCUT2D eigenvalue weighted by Crippen LogP contribution is 2.38. The van der Waals surface area contributed by atoms with Crippen molar-refractivity contribution in [3.8, 4) is 39.1 Å². The van der Waals surface area contributed by atoms with Gasteiger partial charge in [0.1, 0.15) is 11.3 Å². The number of carbonyl (C=O) groups is 1. The van der Waals surface area contributed by atoms with Gasteiger partial charge in [-0.3, -0.25) is 9.69 Å². The molecular weight excluding hydrogens is 524 g/mol. The summed E-state index contributed by atoms with van der Waals surface area (Å²) < 4.78 is 0. The van der Waals surface area contributed by atoms with Gasteiger partial charge < -0.3 is 15.2 Å². The Kier molecular flexibility index (Phi) is 7.23. The van der Waals surface area contributed by atoms with E-state index in [0.717, 1.165) is 22.1 Å². The number of fused-ring (bicyclic) bond motifs is 1. The lowest BCUT2D eigenvalue weighted by Gasteiger charge is -2.35. The van der Waals surface area contributed by atoms with Crippen LogP contribution in [-0.4, -0.2) is 40.2 Å². The van der Waals surface area contributed by atoms with Gasteiger partial charge in [-0.15, -0.1) is 0 Å². The highest BCUT2D eigenvalue weighted by Gasteiger charge is 2.41. The van der Waals surface area contributed by atoms with Crippen LogP contribution in [0.3, 0.4) is 0 Å². The number of halogens is 1. The molecule has 0 saturated heterocycles. The van der Waals surface area contributed by atoms with Crippen molar-refractivity contribution in [1.29, 1.82) is 0 Å². The Bertz CT molecular complexity index is 1800. The zero-order valence-corrected chi connectivity index (χ0v) is 23.2. The fraction of sp³-hybridized carbons (Fsp3) is 0.152. The fourth-order valence-corrected chi connectivity index (χ4v) is 5.69. The molecule has 0 spiro atoms. The first-order valence-electron chi connectivity index (χ1n) is 12.9. The van der Waals surface area contributed by atoms with E-state index in [2.05, 4.69) is 4.98 Å². The van der Waals surface area contributed by atoms with E-state index < -0.39 is 11.5 Å². The zero-order chi connectivity index (χ0) is 28.6. The fourth-order valence-electron chi connectivity index (χ4n) is 5.41. The molecule has 7 heteroatoms. The number of aromatic nitrogens is 1. The molecule has 6 nitrogen and oxygen atoms in total. The van der Waals surface area contributed by atoms with Crippen molar-refractivity contribution < 1.29 is 15.0 Å². The number of hydrogen-bond acceptors (Lipinski definition) is 4. The summed E-state index contributed by atoms with van der Waals surface area (Å²) in [4.78, 5) is 30.1. The van der Waals surface area contributed by atoms with Gasteiger partial charge in [0.25, 0.3) is 5.56 Å². The Balaban J connectivity index is 1.61. The molecule has 4 aromatic carbocycles. The molecule has 1 unspecified atom stereocenters. The molecule has 40 heavy (non-hydrogen) atoms. The molecule has 5 rings (SSSR count). The van der Waals surface area contributed by atoms with Gasteiger partial charge >= 0.3 is 5.97 Å². The molecule has 1 aromatic heterocycles. The third kappa shape index (κ3) is 4.66. The Hall–Kier alpha value is -4.39. The normalized spacial score (nSPS) is 12.9. The number of hydrogen-bond donors (Lipinski definition) is 3. The number of rotatable bonds is 7. The third-order valence-corrected chi connectivity index (χ3v) is 7.92. The van der Waals surface area contributed by atoms with Crippen molar-refractivity contribution in [2.24, 2.45) is 0 Å². The van der Waals surface area contributed by atoms with E-state index in [-0.39, 0.29) is 11.3 Å². The smallest absolute Gasteiger partial charge is 0.328 e. The number of phenolic OH excluding ortho intramolecular Hbond substituents is 1. The lowest BCUT2D eigenvalue weighted by Crippen LogP contribution is -2.47. The first-order chi connectivity index (χ1) is 19.1. The summed E-state index contributed by atoms with van der Waals surface area (Å²) in [5, 5.41) is 22.1. The van der Waals surface area contributed by atoms with Gasteiger partial charge in [-0.1, -0.05) is 79.2 Å². The van der Waals surface area contributed by atoms with Gasteiger partial charge in [0.05, 0.1) is 5.02 Å². The topological polar surface area (TPSA) is 93.6 Å². The van der Waals surface area contributed by atoms with Gasteiger partial charge in [0, 0.05) is 22.2 Å². The number of benzene rings is 4. The summed E-state index contributed by atoms with van der Waals surface area (Å²) in [6.45, 7) is 1.83. The highest BCUT2D eigenvalue weighted by atomic mass is 35.5. The van der Waals surface area contributed by atoms with Gasteiger partial charge in [0.15, 0.2) is 0 Å². The molecule has 0 saturated carbocycles. The molecular formula is C33H29ClN2O4. The van der Waals surface area contributed by atoms with Crippen molar-refractivity contribution in [1.82, 2.24) is 9.88 Å². The van der Waals surface area contributed by atoms with E-state index in [1.165, 1.54) is 0 Å². The maximum absolute atomic E-state index is 13.2. The van der Waals surface area contributed by atoms with E-state index in [0.29, 0.717) is 39.2 Å². The standard InChI is InChI=1S/C33H29ClN2O4/c1-4-33(32(39)40,36(2)3)24-12-8-11-21(15-24)27-17-23-16-26(28(34)19-29(23)35-31(27)38)22-13-14-25(30(37)18-22)20-9-6-5-7-10-20/h5-19,37H,4H2,1-3H3,(H,35,38)(H,39,40). The quantitative estimate of drug-likeness (QED) is 0.199. The van der Waals surface area contributed by atoms with Crippen LogP contribution in [0.15, 0.2) is 95.8 Å². The molecule has 3 N–H and O–H groups in total. The van der Waals surface area contributed by atoms with Crippen LogP contribution >= 0.6 is 11.6 Å². The molecule has 0 amide bonds. The molecule has 0 aliphatic carbocycles. The molecule has 0 aliphatic heterocycles. The minimum absolute atomic E-state index is 0.137. The van der Waals surface area contributed by atoms with Crippen molar-refractivity contribution >= 4 is 28.5 Å². The molecule has 202 valence electrons. The molecule has 1 heterocycles. The SMILES string of the molecule is CCC(C(=O)O)(c1cccc(-c2cc3cc(-c4ccc(-c5ccccc5)c(O)c4)c(Cl)cc3[nH]c2=O)c1)N(C)C. The van der Waals surface area contributed by atoms with Crippen LogP contribution in [-0.2, 0) is 10.3 Å². The van der Waals surface area contributed by atoms with Gasteiger partial charge in [-0.05, 0) is 78.5 Å². The van der Waals surface area contributed by atoms with E-state index in [1.54, 1.807) is 61.5 Å². The van der Waals surface area contributed by atoms with Gasteiger partial charge in [-0.25, -0.2) is 4.79 Å². The average molecular weight is 553 g/mol. The zero-order valence-electron chi connectivity index (χ0n) is 22.4.